The van der Waals surface area contributed by atoms with Crippen LogP contribution in [0.25, 0.3) is 0 Å². The molecule has 0 aromatic heterocycles. The van der Waals surface area contributed by atoms with Gasteiger partial charge in [0.2, 0.25) is 0 Å². The van der Waals surface area contributed by atoms with E-state index < -0.39 is 0 Å². The largest absolute Gasteiger partial charge is 0.393 e. The van der Waals surface area contributed by atoms with Crippen molar-refractivity contribution in [1.29, 1.82) is 0 Å². The maximum Gasteiger partial charge on any atom is 0.0696 e. The first kappa shape index (κ1) is 24.0. The highest BCUT2D eigenvalue weighted by Gasteiger charge is 2.60. The molecule has 3 heteroatoms. The molecule has 0 spiro atoms. The Morgan fingerprint density at radius 3 is 2.29 bits per heavy atom. The number of unbranched alkanes of at least 4 members (excludes halogenated alkanes) is 6. The topological polar surface area (TPSA) is 52.5 Å². The second-order valence-electron chi connectivity index (χ2n) is 12.5. The minimum atomic E-state index is -0.165. The first-order valence-corrected chi connectivity index (χ1v) is 14.0. The zero-order valence-corrected chi connectivity index (χ0v) is 20.7. The highest BCUT2D eigenvalue weighted by molar-refractivity contribution is 5.11. The van der Waals surface area contributed by atoms with E-state index in [0.717, 1.165) is 43.6 Å². The summed E-state index contributed by atoms with van der Waals surface area (Å²) in [4.78, 5) is 0. The van der Waals surface area contributed by atoms with Gasteiger partial charge in [-0.25, -0.2) is 0 Å². The molecule has 0 radical (unpaired) electrons. The Morgan fingerprint density at radius 1 is 0.806 bits per heavy atom. The summed E-state index contributed by atoms with van der Waals surface area (Å²) in [6, 6.07) is 0.280. The van der Waals surface area contributed by atoms with Crippen LogP contribution in [0.5, 0.6) is 0 Å². The van der Waals surface area contributed by atoms with Gasteiger partial charge in [-0.3, -0.25) is 0 Å². The lowest BCUT2D eigenvalue weighted by molar-refractivity contribution is -0.140. The lowest BCUT2D eigenvalue weighted by Crippen LogP contribution is -2.59. The van der Waals surface area contributed by atoms with Crippen LogP contribution in [-0.2, 0) is 0 Å². The maximum atomic E-state index is 10.9. The summed E-state index contributed by atoms with van der Waals surface area (Å²) >= 11 is 0. The van der Waals surface area contributed by atoms with Crippen LogP contribution in [0.1, 0.15) is 117 Å². The molecule has 0 aromatic carbocycles. The molecule has 4 fully saturated rings. The van der Waals surface area contributed by atoms with Crippen molar-refractivity contribution in [2.75, 3.05) is 6.54 Å². The van der Waals surface area contributed by atoms with E-state index in [4.69, 9.17) is 0 Å². The van der Waals surface area contributed by atoms with Crippen LogP contribution in [0, 0.1) is 34.5 Å². The van der Waals surface area contributed by atoms with E-state index in [0.29, 0.717) is 11.3 Å². The van der Waals surface area contributed by atoms with Crippen LogP contribution in [0.4, 0.5) is 0 Å². The van der Waals surface area contributed by atoms with Gasteiger partial charge in [-0.2, -0.15) is 0 Å². The minimum Gasteiger partial charge on any atom is -0.393 e. The van der Waals surface area contributed by atoms with Crippen molar-refractivity contribution >= 4 is 0 Å². The molecule has 0 amide bonds. The summed E-state index contributed by atoms with van der Waals surface area (Å²) in [5, 5.41) is 25.5. The summed E-state index contributed by atoms with van der Waals surface area (Å²) in [5.41, 5.74) is 0.544. The Labute approximate surface area is 192 Å². The number of hydrogen-bond donors (Lipinski definition) is 3. The third-order valence-corrected chi connectivity index (χ3v) is 10.9. The number of nitrogens with one attached hydrogen (secondary N) is 1. The zero-order valence-electron chi connectivity index (χ0n) is 20.7. The molecule has 3 N–H and O–H groups in total. The van der Waals surface area contributed by atoms with Gasteiger partial charge in [-0.05, 0) is 98.8 Å². The average molecular weight is 434 g/mol. The highest BCUT2D eigenvalue weighted by Crippen LogP contribution is 2.66. The van der Waals surface area contributed by atoms with E-state index in [1.165, 1.54) is 77.0 Å². The Hall–Kier alpha value is -0.120. The molecule has 0 bridgehead atoms. The Bertz CT molecular complexity index is 581. The molecule has 4 aliphatic carbocycles. The molecule has 9 atom stereocenters. The van der Waals surface area contributed by atoms with Crippen LogP contribution in [0.3, 0.4) is 0 Å². The van der Waals surface area contributed by atoms with Gasteiger partial charge in [0.1, 0.15) is 0 Å². The number of aliphatic hydroxyl groups is 2. The number of fused-ring (bicyclic) bond motifs is 5. The molecule has 0 aliphatic heterocycles. The van der Waals surface area contributed by atoms with Gasteiger partial charge in [0, 0.05) is 6.04 Å². The molecule has 180 valence electrons. The van der Waals surface area contributed by atoms with Crippen molar-refractivity contribution < 1.29 is 10.2 Å². The lowest BCUT2D eigenvalue weighted by atomic mass is 9.44. The maximum absolute atomic E-state index is 10.9. The van der Waals surface area contributed by atoms with Crippen molar-refractivity contribution in [2.45, 2.75) is 135 Å². The summed E-state index contributed by atoms with van der Waals surface area (Å²) in [7, 11) is 0. The van der Waals surface area contributed by atoms with E-state index in [-0.39, 0.29) is 23.7 Å². The van der Waals surface area contributed by atoms with Crippen LogP contribution in [0.15, 0.2) is 0 Å². The first-order valence-electron chi connectivity index (χ1n) is 14.0. The van der Waals surface area contributed by atoms with Gasteiger partial charge in [-0.1, -0.05) is 59.3 Å². The summed E-state index contributed by atoms with van der Waals surface area (Å²) < 4.78 is 0. The van der Waals surface area contributed by atoms with Crippen LogP contribution in [0.2, 0.25) is 0 Å². The van der Waals surface area contributed by atoms with Crippen molar-refractivity contribution in [3.8, 4) is 0 Å². The fourth-order valence-corrected chi connectivity index (χ4v) is 8.86. The fourth-order valence-electron chi connectivity index (χ4n) is 8.86. The van der Waals surface area contributed by atoms with Crippen molar-refractivity contribution in [3.63, 3.8) is 0 Å². The smallest absolute Gasteiger partial charge is 0.0696 e. The van der Waals surface area contributed by atoms with E-state index in [1.54, 1.807) is 0 Å². The third kappa shape index (κ3) is 4.62. The van der Waals surface area contributed by atoms with Crippen molar-refractivity contribution in [1.82, 2.24) is 5.32 Å². The van der Waals surface area contributed by atoms with Gasteiger partial charge in [0.05, 0.1) is 12.2 Å². The summed E-state index contributed by atoms with van der Waals surface area (Å²) in [5.74, 6) is 3.02. The summed E-state index contributed by atoms with van der Waals surface area (Å²) in [6.07, 6.45) is 18.7. The van der Waals surface area contributed by atoms with Gasteiger partial charge in [0.15, 0.2) is 0 Å². The van der Waals surface area contributed by atoms with Crippen LogP contribution in [-0.4, -0.2) is 35.0 Å². The number of hydrogen-bond acceptors (Lipinski definition) is 3. The standard InChI is InChI=1S/C28H51NO2/c1-4-5-6-7-8-9-10-17-29-24-19-28(3)20(18-25(24)30)11-12-21-22-13-14-26(31)27(22,2)16-15-23(21)28/h20-26,29-31H,4-19H2,1-3H3/t20-,21-,22-,23-,24-,25-,26-,27-,28-/m0/s1. The van der Waals surface area contributed by atoms with Crippen molar-refractivity contribution in [2.24, 2.45) is 34.5 Å². The Kier molecular flexibility index (Phi) is 7.76. The van der Waals surface area contributed by atoms with Crippen molar-refractivity contribution in [3.05, 3.63) is 0 Å². The predicted octanol–water partition coefficient (Wildman–Crippen LogP) is 6.07. The zero-order chi connectivity index (χ0) is 22.1. The van der Waals surface area contributed by atoms with E-state index in [1.807, 2.05) is 0 Å². The molecular formula is C28H51NO2. The SMILES string of the molecule is CCCCCCCCCN[C@H]1C[C@@]2(C)[C@@H](CC[C@@H]3[C@@H]2CC[C@]2(C)[C@@H](O)CC[C@@H]32)C[C@@H]1O. The van der Waals surface area contributed by atoms with E-state index >= 15 is 0 Å². The first-order chi connectivity index (χ1) is 14.9. The normalized spacial score (nSPS) is 46.9. The Morgan fingerprint density at radius 2 is 1.52 bits per heavy atom. The molecular weight excluding hydrogens is 382 g/mol. The molecule has 4 rings (SSSR count). The molecule has 0 heterocycles. The van der Waals surface area contributed by atoms with Gasteiger partial charge in [0.25, 0.3) is 0 Å². The van der Waals surface area contributed by atoms with Gasteiger partial charge in [-0.15, -0.1) is 0 Å². The second-order valence-corrected chi connectivity index (χ2v) is 12.5. The summed E-state index contributed by atoms with van der Waals surface area (Å²) in [6.45, 7) is 8.31. The van der Waals surface area contributed by atoms with E-state index in [9.17, 15) is 10.2 Å². The van der Waals surface area contributed by atoms with Gasteiger partial charge >= 0.3 is 0 Å². The van der Waals surface area contributed by atoms with Gasteiger partial charge < -0.3 is 15.5 Å². The number of aliphatic hydroxyl groups excluding tert-OH is 2. The monoisotopic (exact) mass is 433 g/mol. The highest BCUT2D eigenvalue weighted by atomic mass is 16.3. The average Bonchev–Trinajstić information content (AvgIpc) is 3.05. The quantitative estimate of drug-likeness (QED) is 0.387. The predicted molar refractivity (Wildman–Crippen MR) is 129 cm³/mol. The molecule has 4 saturated carbocycles. The third-order valence-electron chi connectivity index (χ3n) is 10.9. The van der Waals surface area contributed by atoms with Crippen LogP contribution < -0.4 is 5.32 Å². The molecule has 31 heavy (non-hydrogen) atoms. The van der Waals surface area contributed by atoms with E-state index in [2.05, 4.69) is 26.1 Å². The Balaban J connectivity index is 1.32. The van der Waals surface area contributed by atoms with Crippen LogP contribution >= 0.6 is 0 Å². The molecule has 0 saturated heterocycles. The lowest BCUT2D eigenvalue weighted by Gasteiger charge is -2.61. The fraction of sp³-hybridized carbons (Fsp3) is 1.00. The molecule has 0 aromatic rings. The minimum absolute atomic E-state index is 0.0754. The second kappa shape index (κ2) is 10.0. The molecule has 0 unspecified atom stereocenters. The number of rotatable bonds is 9. The molecule has 3 nitrogen and oxygen atoms in total. The molecule has 4 aliphatic rings.